The normalized spacial score (nSPS) is 12.4. The average molecular weight is 619 g/mol. The first kappa shape index (κ1) is 30.7. The number of ether oxygens (including phenoxy) is 2. The van der Waals surface area contributed by atoms with E-state index in [4.69, 9.17) is 9.47 Å². The Morgan fingerprint density at radius 3 is 2.61 bits per heavy atom. The van der Waals surface area contributed by atoms with Crippen molar-refractivity contribution in [3.8, 4) is 22.4 Å². The highest BCUT2D eigenvalue weighted by Gasteiger charge is 2.24. The van der Waals surface area contributed by atoms with Crippen LogP contribution in [0.25, 0.3) is 38.8 Å². The second-order valence-corrected chi connectivity index (χ2v) is 12.5. The van der Waals surface area contributed by atoms with E-state index in [9.17, 15) is 14.0 Å². The van der Waals surface area contributed by atoms with Gasteiger partial charge in [0.2, 0.25) is 5.82 Å². The van der Waals surface area contributed by atoms with Gasteiger partial charge < -0.3 is 14.5 Å². The molecule has 0 aliphatic rings. The number of hydrogen-bond acceptors (Lipinski definition) is 6. The molecule has 0 fully saturated rings. The number of aromatic nitrogens is 4. The average Bonchev–Trinajstić information content (AvgIpc) is 3.64. The molecule has 0 radical (unpaired) electrons. The number of nitrogens with one attached hydrogen (secondary N) is 1. The molecule has 0 amide bonds. The smallest absolute Gasteiger partial charge is 0.374 e. The maximum Gasteiger partial charge on any atom is 0.374 e. The number of esters is 2. The Morgan fingerprint density at radius 2 is 1.80 bits per heavy atom. The third-order valence-electron chi connectivity index (χ3n) is 7.77. The topological polar surface area (TPSA) is 98.6 Å². The standard InChI is InChI=1S/C37H35FN4O4/c1-23-16-25(12-14-31(23)38)34-30(9-7-15-39-34)26-11-13-28-20-41-35(42(28)21-26)36(44)45-22-24(18-33(43)46-37(2,3)4)17-27-19-40-32-10-6-5-8-29(27)32/h5-16,19-21,24,40H,17-18,22H2,1-4H3/t24-/m1/s1. The minimum Gasteiger partial charge on any atom is -0.460 e. The monoisotopic (exact) mass is 618 g/mol. The SMILES string of the molecule is Cc1cc(-c2ncccc2-c2ccc3cnc(C(=O)OC[C@@H](CC(=O)OC(C)(C)C)Cc4c[nH]c5ccccc45)n3c2)ccc1F. The summed E-state index contributed by atoms with van der Waals surface area (Å²) in [6.45, 7) is 7.20. The molecular weight excluding hydrogens is 583 g/mol. The van der Waals surface area contributed by atoms with E-state index in [1.165, 1.54) is 6.07 Å². The molecule has 0 saturated heterocycles. The van der Waals surface area contributed by atoms with Gasteiger partial charge in [-0.1, -0.05) is 30.3 Å². The van der Waals surface area contributed by atoms with Crippen LogP contribution in [0.4, 0.5) is 4.39 Å². The predicted octanol–water partition coefficient (Wildman–Crippen LogP) is 7.74. The number of para-hydroxylation sites is 1. The van der Waals surface area contributed by atoms with Crippen LogP contribution in [0, 0.1) is 18.7 Å². The van der Waals surface area contributed by atoms with Crippen molar-refractivity contribution in [1.29, 1.82) is 0 Å². The van der Waals surface area contributed by atoms with Crippen molar-refractivity contribution in [3.63, 3.8) is 0 Å². The summed E-state index contributed by atoms with van der Waals surface area (Å²) in [5.41, 5.74) is 5.72. The van der Waals surface area contributed by atoms with Crippen LogP contribution < -0.4 is 0 Å². The van der Waals surface area contributed by atoms with Gasteiger partial charge in [0.15, 0.2) is 0 Å². The number of imidazole rings is 1. The fourth-order valence-corrected chi connectivity index (χ4v) is 5.64. The Morgan fingerprint density at radius 1 is 1.00 bits per heavy atom. The van der Waals surface area contributed by atoms with E-state index in [0.717, 1.165) is 33.2 Å². The van der Waals surface area contributed by atoms with E-state index in [1.807, 2.05) is 81.7 Å². The largest absolute Gasteiger partial charge is 0.460 e. The van der Waals surface area contributed by atoms with Crippen LogP contribution in [0.15, 0.2) is 91.5 Å². The van der Waals surface area contributed by atoms with Crippen LogP contribution in [0.1, 0.15) is 48.9 Å². The minimum atomic E-state index is -0.630. The van der Waals surface area contributed by atoms with Crippen LogP contribution in [0.2, 0.25) is 0 Å². The van der Waals surface area contributed by atoms with Crippen molar-refractivity contribution < 1.29 is 23.5 Å². The van der Waals surface area contributed by atoms with Crippen molar-refractivity contribution in [2.24, 2.45) is 5.92 Å². The van der Waals surface area contributed by atoms with E-state index >= 15 is 0 Å². The van der Waals surface area contributed by atoms with Crippen molar-refractivity contribution in [3.05, 3.63) is 114 Å². The molecule has 0 spiro atoms. The number of carbonyl (C=O) groups excluding carboxylic acids is 2. The number of aromatic amines is 1. The molecule has 4 heterocycles. The van der Waals surface area contributed by atoms with Gasteiger partial charge in [0.25, 0.3) is 0 Å². The number of H-pyrrole nitrogens is 1. The number of rotatable bonds is 9. The number of aryl methyl sites for hydroxylation is 1. The molecule has 2 aromatic carbocycles. The van der Waals surface area contributed by atoms with Gasteiger partial charge in [0.05, 0.1) is 30.4 Å². The maximum atomic E-state index is 14.0. The number of benzene rings is 2. The molecule has 0 bridgehead atoms. The summed E-state index contributed by atoms with van der Waals surface area (Å²) in [7, 11) is 0. The molecule has 6 aromatic rings. The Balaban J connectivity index is 1.25. The summed E-state index contributed by atoms with van der Waals surface area (Å²) in [5, 5.41) is 1.06. The van der Waals surface area contributed by atoms with Gasteiger partial charge in [-0.25, -0.2) is 14.2 Å². The quantitative estimate of drug-likeness (QED) is 0.167. The minimum absolute atomic E-state index is 0.00284. The lowest BCUT2D eigenvalue weighted by atomic mass is 9.96. The summed E-state index contributed by atoms with van der Waals surface area (Å²) in [6.07, 6.45) is 7.65. The molecule has 6 rings (SSSR count). The highest BCUT2D eigenvalue weighted by molar-refractivity contribution is 5.88. The first-order valence-corrected chi connectivity index (χ1v) is 15.2. The van der Waals surface area contributed by atoms with Gasteiger partial charge in [0, 0.05) is 52.1 Å². The zero-order valence-corrected chi connectivity index (χ0v) is 26.2. The number of halogens is 1. The predicted molar refractivity (Wildman–Crippen MR) is 175 cm³/mol. The van der Waals surface area contributed by atoms with E-state index in [0.29, 0.717) is 23.2 Å². The number of carbonyl (C=O) groups is 2. The molecule has 4 aromatic heterocycles. The highest BCUT2D eigenvalue weighted by atomic mass is 19.1. The van der Waals surface area contributed by atoms with Crippen LogP contribution in [-0.4, -0.2) is 43.5 Å². The van der Waals surface area contributed by atoms with Crippen molar-refractivity contribution in [1.82, 2.24) is 19.4 Å². The molecule has 1 atom stereocenters. The van der Waals surface area contributed by atoms with Crippen molar-refractivity contribution in [2.45, 2.75) is 46.1 Å². The van der Waals surface area contributed by atoms with Gasteiger partial charge in [-0.2, -0.15) is 0 Å². The van der Waals surface area contributed by atoms with Crippen LogP contribution in [0.5, 0.6) is 0 Å². The van der Waals surface area contributed by atoms with Gasteiger partial charge in [-0.15, -0.1) is 0 Å². The summed E-state index contributed by atoms with van der Waals surface area (Å²) in [6, 6.07) is 20.4. The molecule has 1 N–H and O–H groups in total. The fraction of sp³-hybridized carbons (Fsp3) is 0.243. The number of pyridine rings is 2. The molecule has 46 heavy (non-hydrogen) atoms. The Bertz CT molecular complexity index is 2060. The number of hydrogen-bond donors (Lipinski definition) is 1. The molecule has 8 nitrogen and oxygen atoms in total. The molecular formula is C37H35FN4O4. The van der Waals surface area contributed by atoms with Gasteiger partial charge in [-0.3, -0.25) is 14.2 Å². The third-order valence-corrected chi connectivity index (χ3v) is 7.77. The molecule has 0 aliphatic heterocycles. The Kier molecular flexibility index (Phi) is 8.41. The van der Waals surface area contributed by atoms with Crippen LogP contribution in [-0.2, 0) is 20.7 Å². The molecule has 0 saturated carbocycles. The third kappa shape index (κ3) is 6.68. The van der Waals surface area contributed by atoms with Gasteiger partial charge in [0.1, 0.15) is 11.4 Å². The molecule has 0 aliphatic carbocycles. The molecule has 0 unspecified atom stereocenters. The Labute approximate surface area is 266 Å². The lowest BCUT2D eigenvalue weighted by Gasteiger charge is -2.22. The summed E-state index contributed by atoms with van der Waals surface area (Å²) in [5.74, 6) is -1.45. The summed E-state index contributed by atoms with van der Waals surface area (Å²) < 4.78 is 27.1. The second-order valence-electron chi connectivity index (χ2n) is 12.5. The van der Waals surface area contributed by atoms with E-state index in [-0.39, 0.29) is 36.6 Å². The molecule has 234 valence electrons. The number of nitrogens with zero attached hydrogens (tertiary/aromatic N) is 3. The summed E-state index contributed by atoms with van der Waals surface area (Å²) >= 11 is 0. The van der Waals surface area contributed by atoms with Gasteiger partial charge in [-0.05, 0) is 81.6 Å². The highest BCUT2D eigenvalue weighted by Crippen LogP contribution is 2.32. The van der Waals surface area contributed by atoms with Gasteiger partial charge >= 0.3 is 11.9 Å². The van der Waals surface area contributed by atoms with Crippen molar-refractivity contribution in [2.75, 3.05) is 6.61 Å². The van der Waals surface area contributed by atoms with E-state index < -0.39 is 11.6 Å². The van der Waals surface area contributed by atoms with E-state index in [1.54, 1.807) is 35.9 Å². The lowest BCUT2D eigenvalue weighted by molar-refractivity contribution is -0.156. The van der Waals surface area contributed by atoms with Crippen LogP contribution >= 0.6 is 0 Å². The Hall–Kier alpha value is -5.31. The fourth-order valence-electron chi connectivity index (χ4n) is 5.64. The zero-order chi connectivity index (χ0) is 32.4. The maximum absolute atomic E-state index is 14.0. The summed E-state index contributed by atoms with van der Waals surface area (Å²) in [4.78, 5) is 38.5. The molecule has 9 heteroatoms. The van der Waals surface area contributed by atoms with Crippen molar-refractivity contribution >= 4 is 28.4 Å². The van der Waals surface area contributed by atoms with E-state index in [2.05, 4.69) is 15.0 Å². The first-order chi connectivity index (χ1) is 22.1. The first-order valence-electron chi connectivity index (χ1n) is 15.2. The second kappa shape index (κ2) is 12.6. The number of fused-ring (bicyclic) bond motifs is 2. The van der Waals surface area contributed by atoms with Crippen LogP contribution in [0.3, 0.4) is 0 Å². The zero-order valence-electron chi connectivity index (χ0n) is 26.2. The lowest BCUT2D eigenvalue weighted by Crippen LogP contribution is -2.27.